The van der Waals surface area contributed by atoms with Gasteiger partial charge in [-0.15, -0.1) is 0 Å². The van der Waals surface area contributed by atoms with Crippen LogP contribution in [-0.2, 0) is 6.18 Å². The molecule has 0 aliphatic heterocycles. The number of halogens is 3. The summed E-state index contributed by atoms with van der Waals surface area (Å²) in [5.74, 6) is -1.93. The average molecular weight is 320 g/mol. The molecule has 2 aromatic heterocycles. The number of rotatable bonds is 2. The lowest BCUT2D eigenvalue weighted by atomic mass is 10.2. The van der Waals surface area contributed by atoms with Crippen LogP contribution in [0.5, 0.6) is 0 Å². The van der Waals surface area contributed by atoms with E-state index in [2.05, 4.69) is 9.97 Å². The Bertz CT molecular complexity index is 638. The van der Waals surface area contributed by atoms with Crippen molar-refractivity contribution in [1.29, 1.82) is 0 Å². The maximum absolute atomic E-state index is 12.5. The number of carbonyl (C=O) groups is 1. The van der Waals surface area contributed by atoms with Crippen molar-refractivity contribution in [3.05, 3.63) is 35.5 Å². The maximum atomic E-state index is 12.5. The second kappa shape index (κ2) is 7.55. The predicted molar refractivity (Wildman–Crippen MR) is 71.4 cm³/mol. The quantitative estimate of drug-likeness (QED) is 0.915. The molecule has 0 spiro atoms. The van der Waals surface area contributed by atoms with Crippen LogP contribution in [0.3, 0.4) is 0 Å². The molecule has 2 rings (SSSR count). The Morgan fingerprint density at radius 2 is 1.82 bits per heavy atom. The van der Waals surface area contributed by atoms with Gasteiger partial charge in [0.1, 0.15) is 11.4 Å². The molecule has 0 aliphatic carbocycles. The third-order valence-corrected chi connectivity index (χ3v) is 2.21. The Morgan fingerprint density at radius 1 is 1.23 bits per heavy atom. The van der Waals surface area contributed by atoms with Gasteiger partial charge < -0.3 is 15.0 Å². The first kappa shape index (κ1) is 19.6. The van der Waals surface area contributed by atoms with Gasteiger partial charge in [0.25, 0.3) is 0 Å². The molecule has 0 saturated heterocycles. The molecule has 2 heterocycles. The van der Waals surface area contributed by atoms with Crippen LogP contribution in [0.2, 0.25) is 0 Å². The van der Waals surface area contributed by atoms with Gasteiger partial charge in [-0.3, -0.25) is 0 Å². The molecule has 3 N–H and O–H groups in total. The number of aryl methyl sites for hydroxylation is 1. The van der Waals surface area contributed by atoms with Gasteiger partial charge in [-0.05, 0) is 12.1 Å². The second-order valence-corrected chi connectivity index (χ2v) is 3.62. The summed E-state index contributed by atoms with van der Waals surface area (Å²) in [6.07, 6.45) is -4.61. The second-order valence-electron chi connectivity index (χ2n) is 3.62. The molecule has 2 aromatic rings. The van der Waals surface area contributed by atoms with Crippen molar-refractivity contribution in [2.24, 2.45) is 0 Å². The van der Waals surface area contributed by atoms with Gasteiger partial charge in [0, 0.05) is 6.92 Å². The van der Waals surface area contributed by atoms with E-state index in [1.54, 1.807) is 0 Å². The van der Waals surface area contributed by atoms with Crippen LogP contribution in [0.1, 0.15) is 36.0 Å². The SMILES string of the molecule is CC.Cc1nc(-c2cccc(C(F)(F)F)n2)c(C(=O)O)o1.O. The topological polar surface area (TPSA) is 108 Å². The summed E-state index contributed by atoms with van der Waals surface area (Å²) in [6, 6.07) is 3.15. The van der Waals surface area contributed by atoms with Crippen molar-refractivity contribution < 1.29 is 33.0 Å². The number of pyridine rings is 1. The highest BCUT2D eigenvalue weighted by Crippen LogP contribution is 2.30. The van der Waals surface area contributed by atoms with E-state index >= 15 is 0 Å². The van der Waals surface area contributed by atoms with Crippen LogP contribution in [0.25, 0.3) is 11.4 Å². The molecule has 0 atom stereocenters. The molecule has 9 heteroatoms. The van der Waals surface area contributed by atoms with Crippen LogP contribution in [0.4, 0.5) is 13.2 Å². The lowest BCUT2D eigenvalue weighted by Crippen LogP contribution is -2.08. The lowest BCUT2D eigenvalue weighted by molar-refractivity contribution is -0.141. The van der Waals surface area contributed by atoms with Gasteiger partial charge in [-0.2, -0.15) is 13.2 Å². The van der Waals surface area contributed by atoms with Crippen molar-refractivity contribution in [3.63, 3.8) is 0 Å². The molecular formula is C13H15F3N2O4. The molecule has 0 aromatic carbocycles. The van der Waals surface area contributed by atoms with Crippen molar-refractivity contribution in [2.45, 2.75) is 26.9 Å². The zero-order valence-electron chi connectivity index (χ0n) is 12.0. The lowest BCUT2D eigenvalue weighted by Gasteiger charge is -2.06. The summed E-state index contributed by atoms with van der Waals surface area (Å²) in [7, 11) is 0. The number of nitrogens with zero attached hydrogens (tertiary/aromatic N) is 2. The minimum atomic E-state index is -4.61. The van der Waals surface area contributed by atoms with Gasteiger partial charge >= 0.3 is 12.1 Å². The number of hydrogen-bond donors (Lipinski definition) is 1. The van der Waals surface area contributed by atoms with Crippen molar-refractivity contribution in [2.75, 3.05) is 0 Å². The van der Waals surface area contributed by atoms with Crippen LogP contribution in [0.15, 0.2) is 22.6 Å². The van der Waals surface area contributed by atoms with Crippen molar-refractivity contribution in [1.82, 2.24) is 9.97 Å². The van der Waals surface area contributed by atoms with Gasteiger partial charge in [0.05, 0.1) is 5.69 Å². The Morgan fingerprint density at radius 3 is 2.32 bits per heavy atom. The van der Waals surface area contributed by atoms with Crippen molar-refractivity contribution >= 4 is 5.97 Å². The average Bonchev–Trinajstić information content (AvgIpc) is 2.83. The first-order valence-corrected chi connectivity index (χ1v) is 6.04. The number of hydrogen-bond acceptors (Lipinski definition) is 4. The highest BCUT2D eigenvalue weighted by Gasteiger charge is 2.33. The predicted octanol–water partition coefficient (Wildman–Crippen LogP) is 2.96. The van der Waals surface area contributed by atoms with E-state index < -0.39 is 23.6 Å². The Kier molecular flexibility index (Phi) is 6.72. The fraction of sp³-hybridized carbons (Fsp3) is 0.308. The third kappa shape index (κ3) is 4.29. The fourth-order valence-corrected chi connectivity index (χ4v) is 1.47. The van der Waals surface area contributed by atoms with E-state index in [9.17, 15) is 18.0 Å². The summed E-state index contributed by atoms with van der Waals surface area (Å²) >= 11 is 0. The standard InChI is InChI=1S/C11H7F3N2O3.C2H6.H2O/c1-5-15-8(9(19-5)10(17)18)6-3-2-4-7(16-6)11(12,13)14;1-2;/h2-4H,1H3,(H,17,18);1-2H3;1H2. The molecular weight excluding hydrogens is 305 g/mol. The van der Waals surface area contributed by atoms with E-state index in [0.717, 1.165) is 12.1 Å². The molecule has 6 nitrogen and oxygen atoms in total. The number of oxazole rings is 1. The van der Waals surface area contributed by atoms with Crippen LogP contribution >= 0.6 is 0 Å². The largest absolute Gasteiger partial charge is 0.475 e. The summed E-state index contributed by atoms with van der Waals surface area (Å²) in [6.45, 7) is 5.39. The van der Waals surface area contributed by atoms with Crippen LogP contribution in [0, 0.1) is 6.92 Å². The molecule has 0 radical (unpaired) electrons. The minimum absolute atomic E-state index is 0. The fourth-order valence-electron chi connectivity index (χ4n) is 1.47. The number of aromatic carboxylic acids is 1. The maximum Gasteiger partial charge on any atom is 0.433 e. The smallest absolute Gasteiger partial charge is 0.433 e. The summed E-state index contributed by atoms with van der Waals surface area (Å²) < 4.78 is 42.4. The monoisotopic (exact) mass is 320 g/mol. The molecule has 0 fully saturated rings. The van der Waals surface area contributed by atoms with E-state index in [4.69, 9.17) is 9.52 Å². The highest BCUT2D eigenvalue weighted by molar-refractivity contribution is 5.91. The molecule has 0 bridgehead atoms. The number of alkyl halides is 3. The molecule has 0 unspecified atom stereocenters. The molecule has 122 valence electrons. The molecule has 0 saturated carbocycles. The van der Waals surface area contributed by atoms with Gasteiger partial charge in [0.15, 0.2) is 5.89 Å². The highest BCUT2D eigenvalue weighted by atomic mass is 19.4. The first-order valence-electron chi connectivity index (χ1n) is 6.04. The number of carboxylic acid groups (broad SMARTS) is 1. The summed E-state index contributed by atoms with van der Waals surface area (Å²) in [5, 5.41) is 8.89. The van der Waals surface area contributed by atoms with E-state index in [0.29, 0.717) is 0 Å². The molecule has 22 heavy (non-hydrogen) atoms. The Balaban J connectivity index is 0.00000141. The van der Waals surface area contributed by atoms with E-state index in [-0.39, 0.29) is 22.8 Å². The Hall–Kier alpha value is -2.42. The molecule has 0 amide bonds. The van der Waals surface area contributed by atoms with Gasteiger partial charge in [-0.25, -0.2) is 14.8 Å². The zero-order chi connectivity index (χ0) is 16.2. The third-order valence-electron chi connectivity index (χ3n) is 2.21. The normalized spacial score (nSPS) is 10.3. The first-order chi connectivity index (χ1) is 9.79. The van der Waals surface area contributed by atoms with E-state index in [1.165, 1.54) is 13.0 Å². The number of carboxylic acids is 1. The zero-order valence-corrected chi connectivity index (χ0v) is 12.0. The van der Waals surface area contributed by atoms with Crippen LogP contribution in [-0.4, -0.2) is 26.5 Å². The van der Waals surface area contributed by atoms with Crippen LogP contribution < -0.4 is 0 Å². The minimum Gasteiger partial charge on any atom is -0.475 e. The van der Waals surface area contributed by atoms with Gasteiger partial charge in [-0.1, -0.05) is 19.9 Å². The summed E-state index contributed by atoms with van der Waals surface area (Å²) in [5.41, 5.74) is -1.55. The number of aromatic nitrogens is 2. The summed E-state index contributed by atoms with van der Waals surface area (Å²) in [4.78, 5) is 18.0. The van der Waals surface area contributed by atoms with E-state index in [1.807, 2.05) is 13.8 Å². The van der Waals surface area contributed by atoms with Crippen molar-refractivity contribution in [3.8, 4) is 11.4 Å². The molecule has 0 aliphatic rings. The van der Waals surface area contributed by atoms with Gasteiger partial charge in [0.2, 0.25) is 5.76 Å². The Labute approximate surface area is 123 Å².